The summed E-state index contributed by atoms with van der Waals surface area (Å²) in [6, 6.07) is 6.00. The van der Waals surface area contributed by atoms with Crippen LogP contribution in [0.5, 0.6) is 5.75 Å². The fourth-order valence-corrected chi connectivity index (χ4v) is 2.17. The van der Waals surface area contributed by atoms with Crippen molar-refractivity contribution in [3.8, 4) is 5.75 Å². The molecule has 0 aliphatic carbocycles. The van der Waals surface area contributed by atoms with Crippen LogP contribution < -0.4 is 15.4 Å². The molecule has 1 unspecified atom stereocenters. The molecule has 2 rings (SSSR count). The first-order valence-corrected chi connectivity index (χ1v) is 7.91. The number of nitrogens with zero attached hydrogens (tertiary/aromatic N) is 3. The predicted molar refractivity (Wildman–Crippen MR) is 92.8 cm³/mol. The van der Waals surface area contributed by atoms with Gasteiger partial charge in [0.1, 0.15) is 17.7 Å². The van der Waals surface area contributed by atoms with Crippen LogP contribution >= 0.6 is 0 Å². The number of ether oxygens (including phenoxy) is 1. The predicted octanol–water partition coefficient (Wildman–Crippen LogP) is 1.73. The van der Waals surface area contributed by atoms with Crippen LogP contribution in [0.1, 0.15) is 12.5 Å². The van der Waals surface area contributed by atoms with Crippen LogP contribution in [0.2, 0.25) is 0 Å². The molecule has 0 aliphatic heterocycles. The minimum atomic E-state index is -0.272. The van der Waals surface area contributed by atoms with Gasteiger partial charge in [0.25, 0.3) is 0 Å². The number of rotatable bonds is 7. The van der Waals surface area contributed by atoms with Crippen LogP contribution in [0.3, 0.4) is 0 Å². The summed E-state index contributed by atoms with van der Waals surface area (Å²) in [5, 5.41) is 10.6. The van der Waals surface area contributed by atoms with E-state index in [9.17, 15) is 4.39 Å². The Morgan fingerprint density at radius 1 is 1.33 bits per heavy atom. The molecule has 0 fully saturated rings. The SMILES string of the molecule is CN=C(NCCc1cnn(C)c1)NCC(C)Oc1ccc(F)cc1. The minimum Gasteiger partial charge on any atom is -0.489 e. The number of hydrogen-bond donors (Lipinski definition) is 2. The van der Waals surface area contributed by atoms with Crippen molar-refractivity contribution in [3.63, 3.8) is 0 Å². The van der Waals surface area contributed by atoms with Crippen LogP contribution in [0, 0.1) is 5.82 Å². The van der Waals surface area contributed by atoms with Gasteiger partial charge in [-0.1, -0.05) is 0 Å². The second kappa shape index (κ2) is 8.90. The van der Waals surface area contributed by atoms with E-state index in [1.54, 1.807) is 23.9 Å². The van der Waals surface area contributed by atoms with Gasteiger partial charge in [-0.3, -0.25) is 9.67 Å². The van der Waals surface area contributed by atoms with Gasteiger partial charge in [-0.2, -0.15) is 5.10 Å². The summed E-state index contributed by atoms with van der Waals surface area (Å²) >= 11 is 0. The van der Waals surface area contributed by atoms with Crippen molar-refractivity contribution in [1.82, 2.24) is 20.4 Å². The molecule has 0 saturated heterocycles. The van der Waals surface area contributed by atoms with Gasteiger partial charge in [-0.25, -0.2) is 4.39 Å². The summed E-state index contributed by atoms with van der Waals surface area (Å²) in [5.41, 5.74) is 1.17. The molecule has 0 bridgehead atoms. The van der Waals surface area contributed by atoms with E-state index in [1.807, 2.05) is 26.4 Å². The lowest BCUT2D eigenvalue weighted by Crippen LogP contribution is -2.42. The van der Waals surface area contributed by atoms with Gasteiger partial charge < -0.3 is 15.4 Å². The molecule has 1 aromatic carbocycles. The van der Waals surface area contributed by atoms with Crippen molar-refractivity contribution in [2.24, 2.45) is 12.0 Å². The summed E-state index contributed by atoms with van der Waals surface area (Å²) < 4.78 is 20.4. The van der Waals surface area contributed by atoms with Gasteiger partial charge in [0.05, 0.1) is 12.7 Å². The van der Waals surface area contributed by atoms with Gasteiger partial charge in [0.15, 0.2) is 5.96 Å². The van der Waals surface area contributed by atoms with Crippen molar-refractivity contribution >= 4 is 5.96 Å². The number of nitrogens with one attached hydrogen (secondary N) is 2. The third-order valence-electron chi connectivity index (χ3n) is 3.40. The lowest BCUT2D eigenvalue weighted by molar-refractivity contribution is 0.223. The molecule has 2 N–H and O–H groups in total. The van der Waals surface area contributed by atoms with Gasteiger partial charge in [0.2, 0.25) is 0 Å². The fraction of sp³-hybridized carbons (Fsp3) is 0.412. The smallest absolute Gasteiger partial charge is 0.191 e. The summed E-state index contributed by atoms with van der Waals surface area (Å²) in [4.78, 5) is 4.18. The highest BCUT2D eigenvalue weighted by molar-refractivity contribution is 5.79. The Kier molecular flexibility index (Phi) is 6.60. The number of aliphatic imine (C=N–C) groups is 1. The van der Waals surface area contributed by atoms with E-state index >= 15 is 0 Å². The van der Waals surface area contributed by atoms with Crippen molar-refractivity contribution in [2.45, 2.75) is 19.4 Å². The second-order valence-corrected chi connectivity index (χ2v) is 5.53. The molecule has 0 amide bonds. The van der Waals surface area contributed by atoms with Crippen molar-refractivity contribution in [1.29, 1.82) is 0 Å². The molecule has 2 aromatic rings. The molecule has 0 spiro atoms. The van der Waals surface area contributed by atoms with Crippen LogP contribution in [0.15, 0.2) is 41.7 Å². The number of benzene rings is 1. The molecule has 24 heavy (non-hydrogen) atoms. The maximum Gasteiger partial charge on any atom is 0.191 e. The van der Waals surface area contributed by atoms with Crippen molar-refractivity contribution in [2.75, 3.05) is 20.1 Å². The Labute approximate surface area is 141 Å². The maximum absolute atomic E-state index is 12.9. The van der Waals surface area contributed by atoms with Gasteiger partial charge >= 0.3 is 0 Å². The number of halogens is 1. The van der Waals surface area contributed by atoms with Crippen LogP contribution in [0.25, 0.3) is 0 Å². The monoisotopic (exact) mass is 333 g/mol. The molecule has 130 valence electrons. The van der Waals surface area contributed by atoms with E-state index in [0.29, 0.717) is 18.3 Å². The van der Waals surface area contributed by atoms with E-state index in [1.165, 1.54) is 17.7 Å². The van der Waals surface area contributed by atoms with E-state index in [0.717, 1.165) is 13.0 Å². The average molecular weight is 333 g/mol. The van der Waals surface area contributed by atoms with E-state index < -0.39 is 0 Å². The Balaban J connectivity index is 1.69. The largest absolute Gasteiger partial charge is 0.489 e. The van der Waals surface area contributed by atoms with E-state index in [2.05, 4.69) is 20.7 Å². The summed E-state index contributed by atoms with van der Waals surface area (Å²) in [6.07, 6.45) is 4.65. The van der Waals surface area contributed by atoms with Gasteiger partial charge in [-0.05, 0) is 43.2 Å². The number of hydrogen-bond acceptors (Lipinski definition) is 3. The topological polar surface area (TPSA) is 63.5 Å². The average Bonchev–Trinajstić information content (AvgIpc) is 2.98. The highest BCUT2D eigenvalue weighted by Gasteiger charge is 2.06. The maximum atomic E-state index is 12.9. The second-order valence-electron chi connectivity index (χ2n) is 5.53. The molecule has 1 aromatic heterocycles. The highest BCUT2D eigenvalue weighted by atomic mass is 19.1. The normalized spacial score (nSPS) is 12.8. The summed E-state index contributed by atoms with van der Waals surface area (Å²) in [7, 11) is 3.63. The number of guanidine groups is 1. The van der Waals surface area contributed by atoms with Crippen LogP contribution in [-0.2, 0) is 13.5 Å². The zero-order chi connectivity index (χ0) is 17.4. The molecule has 0 saturated carbocycles. The molecule has 0 radical (unpaired) electrons. The summed E-state index contributed by atoms with van der Waals surface area (Å²) in [6.45, 7) is 3.29. The number of aromatic nitrogens is 2. The standard InChI is InChI=1S/C17H24FN5O/c1-13(24-16-6-4-15(18)5-7-16)10-21-17(19-2)20-9-8-14-11-22-23(3)12-14/h4-7,11-13H,8-10H2,1-3H3,(H2,19,20,21). The van der Waals surface area contributed by atoms with Crippen molar-refractivity contribution in [3.05, 3.63) is 48.0 Å². The molecular formula is C17H24FN5O. The molecule has 1 heterocycles. The Hall–Kier alpha value is -2.57. The first-order valence-electron chi connectivity index (χ1n) is 7.91. The quantitative estimate of drug-likeness (QED) is 0.598. The van der Waals surface area contributed by atoms with E-state index in [-0.39, 0.29) is 11.9 Å². The number of aryl methyl sites for hydroxylation is 1. The molecular weight excluding hydrogens is 309 g/mol. The van der Waals surface area contributed by atoms with Gasteiger partial charge in [-0.15, -0.1) is 0 Å². The first kappa shape index (κ1) is 17.8. The zero-order valence-corrected chi connectivity index (χ0v) is 14.3. The fourth-order valence-electron chi connectivity index (χ4n) is 2.17. The Bertz CT molecular complexity index is 653. The zero-order valence-electron chi connectivity index (χ0n) is 14.3. The molecule has 6 nitrogen and oxygen atoms in total. The molecule has 1 atom stereocenters. The third kappa shape index (κ3) is 5.91. The lowest BCUT2D eigenvalue weighted by Gasteiger charge is -2.17. The van der Waals surface area contributed by atoms with Crippen molar-refractivity contribution < 1.29 is 9.13 Å². The summed E-state index contributed by atoms with van der Waals surface area (Å²) in [5.74, 6) is 1.09. The molecule has 7 heteroatoms. The Morgan fingerprint density at radius 3 is 2.71 bits per heavy atom. The van der Waals surface area contributed by atoms with Gasteiger partial charge in [0, 0.05) is 26.8 Å². The minimum absolute atomic E-state index is 0.0765. The first-order chi connectivity index (χ1) is 11.6. The lowest BCUT2D eigenvalue weighted by atomic mass is 10.2. The highest BCUT2D eigenvalue weighted by Crippen LogP contribution is 2.12. The Morgan fingerprint density at radius 2 is 2.08 bits per heavy atom. The van der Waals surface area contributed by atoms with Crippen LogP contribution in [0.4, 0.5) is 4.39 Å². The van der Waals surface area contributed by atoms with Crippen LogP contribution in [-0.4, -0.2) is 42.0 Å². The van der Waals surface area contributed by atoms with E-state index in [4.69, 9.17) is 4.74 Å². The molecule has 0 aliphatic rings. The third-order valence-corrected chi connectivity index (χ3v) is 3.40.